The Morgan fingerprint density at radius 2 is 2.17 bits per heavy atom. The molecule has 2 unspecified atom stereocenters. The maximum atomic E-state index is 12.6. The van der Waals surface area contributed by atoms with Crippen LogP contribution in [0.15, 0.2) is 18.2 Å². The summed E-state index contributed by atoms with van der Waals surface area (Å²) in [6.45, 7) is 0.613. The monoisotopic (exact) mass is 373 g/mol. The van der Waals surface area contributed by atoms with Crippen molar-refractivity contribution in [2.75, 3.05) is 25.6 Å². The van der Waals surface area contributed by atoms with Crippen LogP contribution in [0.25, 0.3) is 0 Å². The van der Waals surface area contributed by atoms with Crippen molar-refractivity contribution in [1.29, 1.82) is 0 Å². The standard InChI is InChI=1S/C16H21Cl2N3O3/c1-24-9-12(19)16(23)21-7-3-2-4-14(21)15(22)20-13-8-10(17)5-6-11(13)18/h5-6,8,12,14H,2-4,7,9,19H2,1H3,(H,20,22). The summed E-state index contributed by atoms with van der Waals surface area (Å²) in [5.41, 5.74) is 6.26. The number of carbonyl (C=O) groups is 2. The van der Waals surface area contributed by atoms with Crippen LogP contribution < -0.4 is 11.1 Å². The van der Waals surface area contributed by atoms with Crippen LogP contribution in [0.5, 0.6) is 0 Å². The number of piperidine rings is 1. The molecule has 0 bridgehead atoms. The molecule has 2 amide bonds. The quantitative estimate of drug-likeness (QED) is 0.828. The molecular formula is C16H21Cl2N3O3. The number of amides is 2. The number of likely N-dealkylation sites (tertiary alicyclic amines) is 1. The van der Waals surface area contributed by atoms with Gasteiger partial charge in [0, 0.05) is 18.7 Å². The van der Waals surface area contributed by atoms with Crippen LogP contribution in [0.1, 0.15) is 19.3 Å². The van der Waals surface area contributed by atoms with Crippen molar-refractivity contribution in [3.8, 4) is 0 Å². The van der Waals surface area contributed by atoms with Gasteiger partial charge in [0.2, 0.25) is 11.8 Å². The Labute approximate surface area is 151 Å². The first-order chi connectivity index (χ1) is 11.4. The minimum Gasteiger partial charge on any atom is -0.383 e. The second-order valence-electron chi connectivity index (χ2n) is 5.72. The molecule has 1 aromatic rings. The van der Waals surface area contributed by atoms with Crippen molar-refractivity contribution in [3.63, 3.8) is 0 Å². The third-order valence-electron chi connectivity index (χ3n) is 3.94. The summed E-state index contributed by atoms with van der Waals surface area (Å²) in [7, 11) is 1.48. The first-order valence-electron chi connectivity index (χ1n) is 7.75. The highest BCUT2D eigenvalue weighted by Gasteiger charge is 2.34. The van der Waals surface area contributed by atoms with Crippen LogP contribution in [0.2, 0.25) is 10.0 Å². The van der Waals surface area contributed by atoms with Crippen molar-refractivity contribution < 1.29 is 14.3 Å². The van der Waals surface area contributed by atoms with E-state index < -0.39 is 12.1 Å². The number of nitrogens with zero attached hydrogens (tertiary/aromatic N) is 1. The van der Waals surface area contributed by atoms with Crippen LogP contribution in [-0.2, 0) is 14.3 Å². The molecular weight excluding hydrogens is 353 g/mol. The summed E-state index contributed by atoms with van der Waals surface area (Å²) < 4.78 is 4.93. The van der Waals surface area contributed by atoms with E-state index in [0.717, 1.165) is 12.8 Å². The third-order valence-corrected chi connectivity index (χ3v) is 4.50. The van der Waals surface area contributed by atoms with Gasteiger partial charge in [-0.05, 0) is 37.5 Å². The Kier molecular flexibility index (Phi) is 6.86. The lowest BCUT2D eigenvalue weighted by atomic mass is 10.00. The van der Waals surface area contributed by atoms with Gasteiger partial charge >= 0.3 is 0 Å². The zero-order chi connectivity index (χ0) is 17.7. The number of hydrogen-bond donors (Lipinski definition) is 2. The summed E-state index contributed by atoms with van der Waals surface area (Å²) in [6, 6.07) is 3.47. The molecule has 0 aliphatic carbocycles. The lowest BCUT2D eigenvalue weighted by Crippen LogP contribution is -2.55. The van der Waals surface area contributed by atoms with Gasteiger partial charge in [-0.1, -0.05) is 23.2 Å². The number of methoxy groups -OCH3 is 1. The maximum Gasteiger partial charge on any atom is 0.247 e. The van der Waals surface area contributed by atoms with E-state index in [2.05, 4.69) is 5.32 Å². The molecule has 0 radical (unpaired) electrons. The van der Waals surface area contributed by atoms with E-state index in [9.17, 15) is 9.59 Å². The molecule has 1 aromatic carbocycles. The summed E-state index contributed by atoms with van der Waals surface area (Å²) in [5.74, 6) is -0.578. The van der Waals surface area contributed by atoms with Crippen molar-refractivity contribution in [1.82, 2.24) is 4.90 Å². The molecule has 1 saturated heterocycles. The lowest BCUT2D eigenvalue weighted by molar-refractivity contribution is -0.142. The summed E-state index contributed by atoms with van der Waals surface area (Å²) >= 11 is 12.0. The fourth-order valence-corrected chi connectivity index (χ4v) is 3.08. The van der Waals surface area contributed by atoms with E-state index in [-0.39, 0.29) is 18.4 Å². The first-order valence-corrected chi connectivity index (χ1v) is 8.50. The minimum atomic E-state index is -0.779. The van der Waals surface area contributed by atoms with E-state index >= 15 is 0 Å². The molecule has 132 valence electrons. The second kappa shape index (κ2) is 8.67. The van der Waals surface area contributed by atoms with Gasteiger partial charge in [0.1, 0.15) is 12.1 Å². The average molecular weight is 374 g/mol. The van der Waals surface area contributed by atoms with Crippen molar-refractivity contribution in [2.24, 2.45) is 5.73 Å². The van der Waals surface area contributed by atoms with Crippen molar-refractivity contribution in [3.05, 3.63) is 28.2 Å². The van der Waals surface area contributed by atoms with E-state index in [1.165, 1.54) is 12.0 Å². The van der Waals surface area contributed by atoms with E-state index in [4.69, 9.17) is 33.7 Å². The predicted octanol–water partition coefficient (Wildman–Crippen LogP) is 2.29. The van der Waals surface area contributed by atoms with Gasteiger partial charge in [0.15, 0.2) is 0 Å². The average Bonchev–Trinajstić information content (AvgIpc) is 2.57. The number of rotatable bonds is 5. The molecule has 8 heteroatoms. The number of carbonyl (C=O) groups excluding carboxylic acids is 2. The first kappa shape index (κ1) is 19.0. The number of nitrogens with two attached hydrogens (primary N) is 1. The van der Waals surface area contributed by atoms with Gasteiger partial charge in [-0.15, -0.1) is 0 Å². The molecule has 24 heavy (non-hydrogen) atoms. The zero-order valence-corrected chi connectivity index (χ0v) is 14.9. The van der Waals surface area contributed by atoms with Gasteiger partial charge in [-0.3, -0.25) is 9.59 Å². The normalized spacial score (nSPS) is 19.0. The molecule has 2 atom stereocenters. The van der Waals surface area contributed by atoms with Gasteiger partial charge in [-0.2, -0.15) is 0 Å². The topological polar surface area (TPSA) is 84.7 Å². The Bertz CT molecular complexity index is 612. The van der Waals surface area contributed by atoms with Crippen LogP contribution in [0.4, 0.5) is 5.69 Å². The predicted molar refractivity (Wildman–Crippen MR) is 94.3 cm³/mol. The number of hydrogen-bond acceptors (Lipinski definition) is 4. The fraction of sp³-hybridized carbons (Fsp3) is 0.500. The number of ether oxygens (including phenoxy) is 1. The number of anilines is 1. The molecule has 1 aliphatic heterocycles. The Hall–Kier alpha value is -1.34. The summed E-state index contributed by atoms with van der Waals surface area (Å²) in [5, 5.41) is 3.61. The van der Waals surface area contributed by atoms with Crippen LogP contribution in [0, 0.1) is 0 Å². The SMILES string of the molecule is COCC(N)C(=O)N1CCCCC1C(=O)Nc1cc(Cl)ccc1Cl. The Morgan fingerprint density at radius 1 is 1.42 bits per heavy atom. The third kappa shape index (κ3) is 4.60. The molecule has 3 N–H and O–H groups in total. The maximum absolute atomic E-state index is 12.6. The summed E-state index contributed by atoms with van der Waals surface area (Å²) in [4.78, 5) is 26.6. The fourth-order valence-electron chi connectivity index (χ4n) is 2.74. The van der Waals surface area contributed by atoms with E-state index in [1.807, 2.05) is 0 Å². The van der Waals surface area contributed by atoms with Crippen molar-refractivity contribution >= 4 is 40.7 Å². The Morgan fingerprint density at radius 3 is 2.88 bits per heavy atom. The molecule has 1 aliphatic rings. The number of halogens is 2. The Balaban J connectivity index is 2.13. The molecule has 1 fully saturated rings. The number of benzene rings is 1. The minimum absolute atomic E-state index is 0.115. The van der Waals surface area contributed by atoms with Gasteiger partial charge < -0.3 is 20.7 Å². The molecule has 1 heterocycles. The van der Waals surface area contributed by atoms with E-state index in [1.54, 1.807) is 18.2 Å². The van der Waals surface area contributed by atoms with E-state index in [0.29, 0.717) is 28.7 Å². The molecule has 0 aromatic heterocycles. The highest BCUT2D eigenvalue weighted by molar-refractivity contribution is 6.35. The summed E-state index contributed by atoms with van der Waals surface area (Å²) in [6.07, 6.45) is 2.28. The van der Waals surface area contributed by atoms with Gasteiger partial charge in [0.25, 0.3) is 0 Å². The number of nitrogens with one attached hydrogen (secondary N) is 1. The molecule has 6 nitrogen and oxygen atoms in total. The van der Waals surface area contributed by atoms with Crippen LogP contribution in [-0.4, -0.2) is 49.1 Å². The molecule has 0 spiro atoms. The highest BCUT2D eigenvalue weighted by Crippen LogP contribution is 2.27. The van der Waals surface area contributed by atoms with Crippen LogP contribution in [0.3, 0.4) is 0 Å². The zero-order valence-electron chi connectivity index (χ0n) is 13.4. The lowest BCUT2D eigenvalue weighted by Gasteiger charge is -2.36. The van der Waals surface area contributed by atoms with Crippen LogP contribution >= 0.6 is 23.2 Å². The van der Waals surface area contributed by atoms with Gasteiger partial charge in [-0.25, -0.2) is 0 Å². The van der Waals surface area contributed by atoms with Crippen molar-refractivity contribution in [2.45, 2.75) is 31.3 Å². The molecule has 2 rings (SSSR count). The molecule has 0 saturated carbocycles. The smallest absolute Gasteiger partial charge is 0.247 e. The second-order valence-corrected chi connectivity index (χ2v) is 6.56. The largest absolute Gasteiger partial charge is 0.383 e. The highest BCUT2D eigenvalue weighted by atomic mass is 35.5. The van der Waals surface area contributed by atoms with Gasteiger partial charge in [0.05, 0.1) is 17.3 Å².